The SMILES string of the molecule is CC(=O)OCc1c(-c2ccnc3[nH]c(-c4ccc(CN5CCN(C)CC5)cn4)nc23)cccc1N1CCOc2cc(C3CC3)cc(F)c2C1=O. The molecular weight excluding hydrogens is 637 g/mol. The maximum atomic E-state index is 15.6. The molecular formula is C38H38FN7O4. The Kier molecular flexibility index (Phi) is 8.49. The molecule has 0 unspecified atom stereocenters. The molecule has 0 radical (unpaired) electrons. The Labute approximate surface area is 289 Å². The zero-order valence-corrected chi connectivity index (χ0v) is 28.1. The first kappa shape index (κ1) is 32.0. The highest BCUT2D eigenvalue weighted by atomic mass is 19.1. The summed E-state index contributed by atoms with van der Waals surface area (Å²) in [6.45, 7) is 6.60. The highest BCUT2D eigenvalue weighted by Crippen LogP contribution is 2.43. The number of aromatic nitrogens is 4. The molecule has 1 saturated heterocycles. The van der Waals surface area contributed by atoms with E-state index in [1.54, 1.807) is 18.3 Å². The number of benzene rings is 2. The summed E-state index contributed by atoms with van der Waals surface area (Å²) < 4.78 is 27.1. The highest BCUT2D eigenvalue weighted by molar-refractivity contribution is 6.09. The van der Waals surface area contributed by atoms with E-state index in [0.717, 1.165) is 62.3 Å². The van der Waals surface area contributed by atoms with Gasteiger partial charge in [0.25, 0.3) is 5.91 Å². The molecule has 3 aliphatic rings. The molecule has 2 aliphatic heterocycles. The van der Waals surface area contributed by atoms with Crippen LogP contribution in [-0.2, 0) is 22.7 Å². The number of nitrogens with zero attached hydrogens (tertiary/aromatic N) is 6. The molecule has 0 spiro atoms. The van der Waals surface area contributed by atoms with Crippen LogP contribution < -0.4 is 9.64 Å². The predicted molar refractivity (Wildman–Crippen MR) is 186 cm³/mol. The molecule has 1 saturated carbocycles. The third-order valence-electron chi connectivity index (χ3n) is 9.76. The Morgan fingerprint density at radius 1 is 1.04 bits per heavy atom. The lowest BCUT2D eigenvalue weighted by atomic mass is 9.97. The number of hydrogen-bond donors (Lipinski definition) is 1. The van der Waals surface area contributed by atoms with Gasteiger partial charge in [0.15, 0.2) is 11.5 Å². The van der Waals surface area contributed by atoms with E-state index < -0.39 is 17.7 Å². The summed E-state index contributed by atoms with van der Waals surface area (Å²) in [4.78, 5) is 50.0. The number of ether oxygens (including phenoxy) is 2. The van der Waals surface area contributed by atoms with Crippen molar-refractivity contribution in [3.8, 4) is 28.4 Å². The van der Waals surface area contributed by atoms with Crippen LogP contribution >= 0.6 is 0 Å². The second kappa shape index (κ2) is 13.3. The number of pyridine rings is 2. The van der Waals surface area contributed by atoms with E-state index in [2.05, 4.69) is 32.9 Å². The summed E-state index contributed by atoms with van der Waals surface area (Å²) in [6.07, 6.45) is 5.59. The van der Waals surface area contributed by atoms with Crippen molar-refractivity contribution in [1.82, 2.24) is 29.7 Å². The Hall–Kier alpha value is -5.20. The van der Waals surface area contributed by atoms with Gasteiger partial charge in [0.2, 0.25) is 0 Å². The lowest BCUT2D eigenvalue weighted by Gasteiger charge is -2.32. The lowest BCUT2D eigenvalue weighted by molar-refractivity contribution is -0.142. The second-order valence-electron chi connectivity index (χ2n) is 13.3. The number of aromatic amines is 1. The normalized spacial score (nSPS) is 17.0. The van der Waals surface area contributed by atoms with Crippen LogP contribution in [0.15, 0.2) is 60.9 Å². The first-order valence-corrected chi connectivity index (χ1v) is 17.1. The number of imidazole rings is 1. The Morgan fingerprint density at radius 2 is 1.88 bits per heavy atom. The standard InChI is InChI=1S/C38H38FN7O4/c1-23(47)50-22-29-27(4-3-5-32(29)46-16-17-49-33-19-26(25-7-8-25)18-30(39)34(33)38(46)48)28-10-11-40-37-35(28)42-36(43-37)31-9-6-24(20-41-31)21-45-14-12-44(2)13-15-45/h3-6,9-11,18-20,25H,7-8,12-17,21-22H2,1-2H3,(H,40,42,43). The molecule has 0 atom stereocenters. The number of halogens is 1. The van der Waals surface area contributed by atoms with Gasteiger partial charge in [-0.25, -0.2) is 14.4 Å². The van der Waals surface area contributed by atoms with Gasteiger partial charge in [-0.3, -0.25) is 19.5 Å². The summed E-state index contributed by atoms with van der Waals surface area (Å²) in [7, 11) is 2.15. The molecule has 1 N–H and O–H groups in total. The number of likely N-dealkylation sites (N-methyl/N-ethyl adjacent to an activating group) is 1. The number of carbonyl (C=O) groups excluding carboxylic acids is 2. The van der Waals surface area contributed by atoms with Gasteiger partial charge in [0, 0.05) is 63.2 Å². The molecule has 8 rings (SSSR count). The van der Waals surface area contributed by atoms with Crippen LogP contribution in [0.4, 0.5) is 10.1 Å². The minimum Gasteiger partial charge on any atom is -0.491 e. The maximum Gasteiger partial charge on any atom is 0.302 e. The van der Waals surface area contributed by atoms with Crippen molar-refractivity contribution >= 4 is 28.7 Å². The fourth-order valence-corrected chi connectivity index (χ4v) is 6.87. The number of fused-ring (bicyclic) bond motifs is 2. The number of nitrogens with one attached hydrogen (secondary N) is 1. The number of amides is 1. The number of carbonyl (C=O) groups is 2. The van der Waals surface area contributed by atoms with Crippen molar-refractivity contribution in [1.29, 1.82) is 0 Å². The van der Waals surface area contributed by atoms with Crippen LogP contribution in [0, 0.1) is 5.82 Å². The zero-order valence-electron chi connectivity index (χ0n) is 28.1. The van der Waals surface area contributed by atoms with Gasteiger partial charge >= 0.3 is 5.97 Å². The molecule has 3 aromatic heterocycles. The van der Waals surface area contributed by atoms with Crippen LogP contribution in [-0.4, -0.2) is 88.0 Å². The van der Waals surface area contributed by atoms with E-state index >= 15 is 4.39 Å². The van der Waals surface area contributed by atoms with Gasteiger partial charge in [-0.1, -0.05) is 18.2 Å². The smallest absolute Gasteiger partial charge is 0.302 e. The molecule has 1 amide bonds. The van der Waals surface area contributed by atoms with Crippen LogP contribution in [0.25, 0.3) is 33.8 Å². The summed E-state index contributed by atoms with van der Waals surface area (Å²) in [5, 5.41) is 0. The summed E-state index contributed by atoms with van der Waals surface area (Å²) in [5.74, 6) is -0.437. The summed E-state index contributed by atoms with van der Waals surface area (Å²) in [6, 6.07) is 14.6. The first-order valence-electron chi connectivity index (χ1n) is 17.1. The van der Waals surface area contributed by atoms with Crippen molar-refractivity contribution in [3.05, 3.63) is 89.0 Å². The van der Waals surface area contributed by atoms with Crippen molar-refractivity contribution in [3.63, 3.8) is 0 Å². The monoisotopic (exact) mass is 675 g/mol. The fraction of sp³-hybridized carbons (Fsp3) is 0.342. The van der Waals surface area contributed by atoms with Gasteiger partial charge in [0.05, 0.1) is 12.2 Å². The molecule has 0 bridgehead atoms. The molecule has 2 fully saturated rings. The molecule has 256 valence electrons. The van der Waals surface area contributed by atoms with Crippen molar-refractivity contribution in [2.24, 2.45) is 0 Å². The van der Waals surface area contributed by atoms with Crippen LogP contribution in [0.5, 0.6) is 5.75 Å². The van der Waals surface area contributed by atoms with E-state index in [4.69, 9.17) is 19.4 Å². The number of rotatable bonds is 8. The van der Waals surface area contributed by atoms with Gasteiger partial charge in [-0.2, -0.15) is 0 Å². The van der Waals surface area contributed by atoms with E-state index in [9.17, 15) is 9.59 Å². The summed E-state index contributed by atoms with van der Waals surface area (Å²) >= 11 is 0. The molecule has 12 heteroatoms. The zero-order chi connectivity index (χ0) is 34.4. The van der Waals surface area contributed by atoms with Crippen molar-refractivity contribution in [2.75, 3.05) is 51.3 Å². The van der Waals surface area contributed by atoms with Crippen LogP contribution in [0.3, 0.4) is 0 Å². The third kappa shape index (κ3) is 6.32. The Bertz CT molecular complexity index is 2090. The number of hydrogen-bond acceptors (Lipinski definition) is 9. The largest absolute Gasteiger partial charge is 0.491 e. The quantitative estimate of drug-likeness (QED) is 0.211. The van der Waals surface area contributed by atoms with Gasteiger partial charge in [-0.15, -0.1) is 0 Å². The van der Waals surface area contributed by atoms with E-state index in [0.29, 0.717) is 45.4 Å². The number of esters is 1. The molecule has 50 heavy (non-hydrogen) atoms. The van der Waals surface area contributed by atoms with Gasteiger partial charge in [-0.05, 0) is 72.8 Å². The summed E-state index contributed by atoms with van der Waals surface area (Å²) in [5.41, 5.74) is 6.25. The van der Waals surface area contributed by atoms with Crippen LogP contribution in [0.1, 0.15) is 52.7 Å². The van der Waals surface area contributed by atoms with Crippen molar-refractivity contribution in [2.45, 2.75) is 38.8 Å². The average molecular weight is 676 g/mol. The Morgan fingerprint density at radius 3 is 2.64 bits per heavy atom. The van der Waals surface area contributed by atoms with E-state index in [-0.39, 0.29) is 31.1 Å². The second-order valence-corrected chi connectivity index (χ2v) is 13.3. The molecule has 11 nitrogen and oxygen atoms in total. The molecule has 1 aliphatic carbocycles. The minimum absolute atomic E-state index is 0.0963. The highest BCUT2D eigenvalue weighted by Gasteiger charge is 2.33. The molecule has 2 aromatic carbocycles. The number of anilines is 1. The molecule has 5 aromatic rings. The predicted octanol–water partition coefficient (Wildman–Crippen LogP) is 5.55. The lowest BCUT2D eigenvalue weighted by Crippen LogP contribution is -2.43. The molecule has 5 heterocycles. The fourth-order valence-electron chi connectivity index (χ4n) is 6.87. The average Bonchev–Trinajstić information content (AvgIpc) is 3.90. The maximum absolute atomic E-state index is 15.6. The van der Waals surface area contributed by atoms with E-state index in [1.165, 1.54) is 17.9 Å². The van der Waals surface area contributed by atoms with Crippen molar-refractivity contribution < 1.29 is 23.5 Å². The number of piperazine rings is 1. The topological polar surface area (TPSA) is 117 Å². The third-order valence-corrected chi connectivity index (χ3v) is 9.76. The number of H-pyrrole nitrogens is 1. The van der Waals surface area contributed by atoms with Gasteiger partial charge in [0.1, 0.15) is 41.6 Å². The van der Waals surface area contributed by atoms with E-state index in [1.807, 2.05) is 30.5 Å². The van der Waals surface area contributed by atoms with Crippen LogP contribution in [0.2, 0.25) is 0 Å². The first-order chi connectivity index (χ1) is 24.3. The minimum atomic E-state index is -0.597. The Balaban J connectivity index is 1.14. The van der Waals surface area contributed by atoms with Gasteiger partial charge < -0.3 is 24.3 Å².